The Morgan fingerprint density at radius 3 is 2.22 bits per heavy atom. The number of oxime groups is 1. The van der Waals surface area contributed by atoms with Crippen LogP contribution in [0.4, 0.5) is 13.2 Å². The predicted octanol–water partition coefficient (Wildman–Crippen LogP) is 1.74. The number of halogens is 3. The van der Waals surface area contributed by atoms with Gasteiger partial charge in [-0.3, -0.25) is 0 Å². The Kier molecular flexibility index (Phi) is 6.41. The first-order valence-corrected chi connectivity index (χ1v) is 5.33. The van der Waals surface area contributed by atoms with Crippen molar-refractivity contribution in [1.29, 1.82) is 0 Å². The van der Waals surface area contributed by atoms with Crippen molar-refractivity contribution in [3.63, 3.8) is 0 Å². The van der Waals surface area contributed by atoms with E-state index >= 15 is 0 Å². The summed E-state index contributed by atoms with van der Waals surface area (Å²) >= 11 is 0. The van der Waals surface area contributed by atoms with Gasteiger partial charge in [-0.25, -0.2) is 0 Å². The molecule has 0 spiro atoms. The second-order valence-corrected chi connectivity index (χ2v) is 4.65. The third kappa shape index (κ3) is 7.33. The van der Waals surface area contributed by atoms with Gasteiger partial charge in [-0.1, -0.05) is 5.16 Å². The zero-order valence-electron chi connectivity index (χ0n) is 10.6. The van der Waals surface area contributed by atoms with Gasteiger partial charge < -0.3 is 20.4 Å². The van der Waals surface area contributed by atoms with Crippen LogP contribution in [0, 0.1) is 5.92 Å². The van der Waals surface area contributed by atoms with Gasteiger partial charge in [0.2, 0.25) is 0 Å². The molecule has 108 valence electrons. The SMILES string of the molecule is CC(C)(C)OCCOCC(C(N)=NO)C(F)(F)F. The molecule has 0 aliphatic carbocycles. The van der Waals surface area contributed by atoms with Gasteiger partial charge in [0.25, 0.3) is 0 Å². The molecule has 3 N–H and O–H groups in total. The average molecular weight is 272 g/mol. The number of alkyl halides is 3. The number of nitrogens with two attached hydrogens (primary N) is 1. The first-order chi connectivity index (χ1) is 8.08. The maximum atomic E-state index is 12.5. The largest absolute Gasteiger partial charge is 0.409 e. The van der Waals surface area contributed by atoms with Crippen LogP contribution in [0.15, 0.2) is 5.16 Å². The molecule has 0 aromatic carbocycles. The number of hydrogen-bond donors (Lipinski definition) is 2. The topological polar surface area (TPSA) is 77.1 Å². The van der Waals surface area contributed by atoms with Crippen LogP contribution in [0.3, 0.4) is 0 Å². The molecule has 0 bridgehead atoms. The standard InChI is InChI=1S/C10H19F3N2O3/c1-9(2,3)18-5-4-17-6-7(8(14)15-16)10(11,12)13/h7,16H,4-6H2,1-3H3,(H2,14,15). The van der Waals surface area contributed by atoms with E-state index in [0.29, 0.717) is 0 Å². The summed E-state index contributed by atoms with van der Waals surface area (Å²) in [6, 6.07) is 0. The maximum absolute atomic E-state index is 12.5. The fourth-order valence-corrected chi connectivity index (χ4v) is 1.03. The van der Waals surface area contributed by atoms with Crippen LogP contribution < -0.4 is 5.73 Å². The van der Waals surface area contributed by atoms with E-state index in [0.717, 1.165) is 0 Å². The minimum Gasteiger partial charge on any atom is -0.409 e. The highest BCUT2D eigenvalue weighted by atomic mass is 19.4. The molecule has 0 fully saturated rings. The summed E-state index contributed by atoms with van der Waals surface area (Å²) in [5.74, 6) is -3.03. The fourth-order valence-electron chi connectivity index (χ4n) is 1.03. The Bertz CT molecular complexity index is 275. The van der Waals surface area contributed by atoms with Gasteiger partial charge in [0.1, 0.15) is 5.92 Å². The van der Waals surface area contributed by atoms with Crippen molar-refractivity contribution in [2.75, 3.05) is 19.8 Å². The normalized spacial score (nSPS) is 15.8. The number of amidine groups is 1. The first-order valence-electron chi connectivity index (χ1n) is 5.33. The summed E-state index contributed by atoms with van der Waals surface area (Å²) in [5.41, 5.74) is 4.58. The van der Waals surface area contributed by atoms with E-state index in [-0.39, 0.29) is 18.8 Å². The molecule has 1 atom stereocenters. The van der Waals surface area contributed by atoms with Crippen LogP contribution in [0.25, 0.3) is 0 Å². The van der Waals surface area contributed by atoms with E-state index in [1.54, 1.807) is 0 Å². The number of nitrogens with zero attached hydrogens (tertiary/aromatic N) is 1. The van der Waals surface area contributed by atoms with Crippen LogP contribution in [-0.2, 0) is 9.47 Å². The lowest BCUT2D eigenvalue weighted by Gasteiger charge is -2.21. The Morgan fingerprint density at radius 2 is 1.83 bits per heavy atom. The molecule has 18 heavy (non-hydrogen) atoms. The lowest BCUT2D eigenvalue weighted by atomic mass is 10.1. The Labute approximate surface area is 104 Å². The van der Waals surface area contributed by atoms with Crippen molar-refractivity contribution in [3.05, 3.63) is 0 Å². The lowest BCUT2D eigenvalue weighted by molar-refractivity contribution is -0.170. The number of hydrogen-bond acceptors (Lipinski definition) is 4. The quantitative estimate of drug-likeness (QED) is 0.254. The second kappa shape index (κ2) is 6.79. The summed E-state index contributed by atoms with van der Waals surface area (Å²) in [4.78, 5) is 0. The van der Waals surface area contributed by atoms with Crippen LogP contribution in [0.2, 0.25) is 0 Å². The molecule has 0 aromatic rings. The predicted molar refractivity (Wildman–Crippen MR) is 59.5 cm³/mol. The van der Waals surface area contributed by atoms with Gasteiger partial charge in [-0.05, 0) is 20.8 Å². The van der Waals surface area contributed by atoms with Crippen molar-refractivity contribution in [3.8, 4) is 0 Å². The van der Waals surface area contributed by atoms with Crippen LogP contribution in [-0.4, -0.2) is 42.6 Å². The molecule has 8 heteroatoms. The Hall–Kier alpha value is -1.02. The molecule has 0 saturated carbocycles. The van der Waals surface area contributed by atoms with Crippen LogP contribution in [0.1, 0.15) is 20.8 Å². The van der Waals surface area contributed by atoms with E-state index in [4.69, 9.17) is 20.4 Å². The second-order valence-electron chi connectivity index (χ2n) is 4.65. The zero-order chi connectivity index (χ0) is 14.4. The molecular formula is C10H19F3N2O3. The molecule has 0 rings (SSSR count). The van der Waals surface area contributed by atoms with Crippen molar-refractivity contribution in [2.24, 2.45) is 16.8 Å². The molecular weight excluding hydrogens is 253 g/mol. The molecule has 0 saturated heterocycles. The minimum atomic E-state index is -4.61. The fraction of sp³-hybridized carbons (Fsp3) is 0.900. The van der Waals surface area contributed by atoms with E-state index in [1.165, 1.54) is 0 Å². The van der Waals surface area contributed by atoms with Crippen molar-refractivity contribution >= 4 is 5.84 Å². The van der Waals surface area contributed by atoms with E-state index in [9.17, 15) is 13.2 Å². The number of rotatable bonds is 6. The van der Waals surface area contributed by atoms with Crippen LogP contribution >= 0.6 is 0 Å². The third-order valence-electron chi connectivity index (χ3n) is 1.91. The van der Waals surface area contributed by atoms with E-state index in [1.807, 2.05) is 20.8 Å². The zero-order valence-corrected chi connectivity index (χ0v) is 10.6. The van der Waals surface area contributed by atoms with Crippen molar-refractivity contribution < 1.29 is 27.9 Å². The molecule has 0 aliphatic rings. The highest BCUT2D eigenvalue weighted by Gasteiger charge is 2.43. The maximum Gasteiger partial charge on any atom is 0.401 e. The molecule has 5 nitrogen and oxygen atoms in total. The molecule has 0 heterocycles. The number of ether oxygens (including phenoxy) is 2. The van der Waals surface area contributed by atoms with Gasteiger partial charge in [-0.15, -0.1) is 0 Å². The Balaban J connectivity index is 4.08. The van der Waals surface area contributed by atoms with Gasteiger partial charge in [0, 0.05) is 0 Å². The van der Waals surface area contributed by atoms with Crippen LogP contribution in [0.5, 0.6) is 0 Å². The van der Waals surface area contributed by atoms with Gasteiger partial charge in [0.15, 0.2) is 5.84 Å². The third-order valence-corrected chi connectivity index (χ3v) is 1.91. The van der Waals surface area contributed by atoms with Crippen molar-refractivity contribution in [1.82, 2.24) is 0 Å². The summed E-state index contributed by atoms with van der Waals surface area (Å²) < 4.78 is 47.5. The van der Waals surface area contributed by atoms with Gasteiger partial charge in [0.05, 0.1) is 25.4 Å². The lowest BCUT2D eigenvalue weighted by Crippen LogP contribution is -2.39. The van der Waals surface area contributed by atoms with Gasteiger partial charge in [-0.2, -0.15) is 13.2 Å². The molecule has 1 unspecified atom stereocenters. The van der Waals surface area contributed by atoms with E-state index < -0.39 is 24.5 Å². The smallest absolute Gasteiger partial charge is 0.401 e. The Morgan fingerprint density at radius 1 is 1.28 bits per heavy atom. The monoisotopic (exact) mass is 272 g/mol. The molecule has 0 aromatic heterocycles. The first kappa shape index (κ1) is 17.0. The van der Waals surface area contributed by atoms with Gasteiger partial charge >= 0.3 is 6.18 Å². The summed E-state index contributed by atoms with van der Waals surface area (Å²) in [6.45, 7) is 4.94. The molecule has 0 amide bonds. The average Bonchev–Trinajstić information content (AvgIpc) is 2.18. The summed E-state index contributed by atoms with van der Waals surface area (Å²) in [7, 11) is 0. The highest BCUT2D eigenvalue weighted by molar-refractivity contribution is 5.83. The highest BCUT2D eigenvalue weighted by Crippen LogP contribution is 2.26. The summed E-state index contributed by atoms with van der Waals surface area (Å²) in [5, 5.41) is 10.6. The molecule has 0 aliphatic heterocycles. The van der Waals surface area contributed by atoms with Crippen molar-refractivity contribution in [2.45, 2.75) is 32.5 Å². The molecule has 0 radical (unpaired) electrons. The summed E-state index contributed by atoms with van der Waals surface area (Å²) in [6.07, 6.45) is -4.61. The van der Waals surface area contributed by atoms with E-state index in [2.05, 4.69) is 5.16 Å². The minimum absolute atomic E-state index is 0.00254.